The zero-order valence-corrected chi connectivity index (χ0v) is 7.90. The smallest absolute Gasteiger partial charge is 0.138 e. The zero-order valence-electron chi connectivity index (χ0n) is 7.08. The van der Waals surface area contributed by atoms with E-state index in [2.05, 4.69) is 9.36 Å². The normalized spacial score (nSPS) is 13.1. The second-order valence-electron chi connectivity index (χ2n) is 2.76. The van der Waals surface area contributed by atoms with Gasteiger partial charge in [-0.05, 0) is 17.6 Å². The Labute approximate surface area is 79.7 Å². The molecule has 0 amide bonds. The van der Waals surface area contributed by atoms with Gasteiger partial charge in [-0.2, -0.15) is 4.37 Å². The van der Waals surface area contributed by atoms with Crippen LogP contribution >= 0.6 is 11.5 Å². The molecular weight excluding hydrogens is 186 g/mol. The van der Waals surface area contributed by atoms with E-state index in [1.54, 1.807) is 17.1 Å². The lowest BCUT2D eigenvalue weighted by atomic mass is 10.2. The largest absolute Gasteiger partial charge is 0.380 e. The summed E-state index contributed by atoms with van der Waals surface area (Å²) >= 11 is 1.33. The molecular formula is C8H9N3OS. The fourth-order valence-electron chi connectivity index (χ4n) is 1.15. The van der Waals surface area contributed by atoms with Crippen molar-refractivity contribution in [3.05, 3.63) is 35.4 Å². The zero-order chi connectivity index (χ0) is 9.26. The third-order valence-electron chi connectivity index (χ3n) is 1.87. The summed E-state index contributed by atoms with van der Waals surface area (Å²) in [6.07, 6.45) is 2.63. The molecule has 0 saturated heterocycles. The molecule has 4 nitrogen and oxygen atoms in total. The van der Waals surface area contributed by atoms with Gasteiger partial charge in [-0.1, -0.05) is 0 Å². The number of aliphatic hydroxyl groups excluding tert-OH is 1. The third-order valence-corrected chi connectivity index (χ3v) is 2.45. The Kier molecular flexibility index (Phi) is 2.12. The number of hydrogen-bond acceptors (Lipinski definition) is 4. The van der Waals surface area contributed by atoms with E-state index in [1.165, 1.54) is 11.5 Å². The first-order valence-corrected chi connectivity index (χ1v) is 4.67. The molecule has 2 heterocycles. The Bertz CT molecular complexity index is 382. The summed E-state index contributed by atoms with van der Waals surface area (Å²) in [6.45, 7) is 0. The van der Waals surface area contributed by atoms with Gasteiger partial charge < -0.3 is 9.67 Å². The van der Waals surface area contributed by atoms with Crippen molar-refractivity contribution in [2.75, 3.05) is 0 Å². The predicted octanol–water partition coefficient (Wildman–Crippen LogP) is 0.958. The number of rotatable bonds is 2. The van der Waals surface area contributed by atoms with Gasteiger partial charge in [0.25, 0.3) is 0 Å². The number of aliphatic hydroxyl groups is 1. The summed E-state index contributed by atoms with van der Waals surface area (Å²) in [5, 5.41) is 11.7. The van der Waals surface area contributed by atoms with Crippen LogP contribution in [0.2, 0.25) is 0 Å². The molecule has 0 fully saturated rings. The van der Waals surface area contributed by atoms with Crippen molar-refractivity contribution >= 4 is 11.5 Å². The fraction of sp³-hybridized carbons (Fsp3) is 0.250. The average molecular weight is 195 g/mol. The molecule has 2 aromatic heterocycles. The summed E-state index contributed by atoms with van der Waals surface area (Å²) in [5.41, 5.74) is 1.43. The maximum atomic E-state index is 9.83. The van der Waals surface area contributed by atoms with E-state index in [0.717, 1.165) is 5.69 Å². The molecule has 0 radical (unpaired) electrons. The van der Waals surface area contributed by atoms with Crippen LogP contribution in [-0.4, -0.2) is 19.0 Å². The summed E-state index contributed by atoms with van der Waals surface area (Å²) in [4.78, 5) is 3.93. The van der Waals surface area contributed by atoms with E-state index in [-0.39, 0.29) is 0 Å². The molecule has 0 saturated carbocycles. The van der Waals surface area contributed by atoms with E-state index >= 15 is 0 Å². The van der Waals surface area contributed by atoms with Gasteiger partial charge in [-0.3, -0.25) is 0 Å². The van der Waals surface area contributed by atoms with Crippen molar-refractivity contribution in [3.8, 4) is 0 Å². The Morgan fingerprint density at radius 3 is 3.00 bits per heavy atom. The van der Waals surface area contributed by atoms with Crippen LogP contribution < -0.4 is 0 Å². The van der Waals surface area contributed by atoms with Crippen molar-refractivity contribution in [2.24, 2.45) is 7.05 Å². The molecule has 0 aliphatic heterocycles. The van der Waals surface area contributed by atoms with Crippen LogP contribution in [0.4, 0.5) is 0 Å². The second-order valence-corrected chi connectivity index (χ2v) is 3.42. The SMILES string of the molecule is Cn1cncc1C(O)c1ccsn1. The van der Waals surface area contributed by atoms with Crippen LogP contribution in [0.25, 0.3) is 0 Å². The number of nitrogens with zero attached hydrogens (tertiary/aromatic N) is 3. The Morgan fingerprint density at radius 2 is 2.46 bits per heavy atom. The Balaban J connectivity index is 2.33. The monoisotopic (exact) mass is 195 g/mol. The lowest BCUT2D eigenvalue weighted by Gasteiger charge is -2.07. The van der Waals surface area contributed by atoms with Gasteiger partial charge in [-0.25, -0.2) is 4.98 Å². The van der Waals surface area contributed by atoms with Crippen LogP contribution in [0.1, 0.15) is 17.5 Å². The van der Waals surface area contributed by atoms with Gasteiger partial charge in [0.05, 0.1) is 23.9 Å². The van der Waals surface area contributed by atoms with Crippen LogP contribution in [0.5, 0.6) is 0 Å². The average Bonchev–Trinajstić information content (AvgIpc) is 2.72. The minimum Gasteiger partial charge on any atom is -0.380 e. The first-order valence-electron chi connectivity index (χ1n) is 3.83. The highest BCUT2D eigenvalue weighted by Gasteiger charge is 2.14. The molecule has 1 unspecified atom stereocenters. The van der Waals surface area contributed by atoms with Crippen molar-refractivity contribution in [1.82, 2.24) is 13.9 Å². The number of hydrogen-bond donors (Lipinski definition) is 1. The first kappa shape index (κ1) is 8.40. The molecule has 0 spiro atoms. The van der Waals surface area contributed by atoms with Crippen molar-refractivity contribution in [2.45, 2.75) is 6.10 Å². The number of imidazole rings is 1. The highest BCUT2D eigenvalue weighted by atomic mass is 32.1. The van der Waals surface area contributed by atoms with E-state index < -0.39 is 6.10 Å². The molecule has 0 aromatic carbocycles. The van der Waals surface area contributed by atoms with Crippen LogP contribution in [0.3, 0.4) is 0 Å². The minimum absolute atomic E-state index is 0.668. The second kappa shape index (κ2) is 3.27. The lowest BCUT2D eigenvalue weighted by Crippen LogP contribution is -2.04. The molecule has 2 rings (SSSR count). The van der Waals surface area contributed by atoms with Gasteiger partial charge in [0.1, 0.15) is 6.10 Å². The lowest BCUT2D eigenvalue weighted by molar-refractivity contribution is 0.208. The van der Waals surface area contributed by atoms with E-state index in [4.69, 9.17) is 0 Å². The third kappa shape index (κ3) is 1.48. The quantitative estimate of drug-likeness (QED) is 0.776. The van der Waals surface area contributed by atoms with Gasteiger partial charge in [0.2, 0.25) is 0 Å². The van der Waals surface area contributed by atoms with Gasteiger partial charge in [0.15, 0.2) is 0 Å². The van der Waals surface area contributed by atoms with E-state index in [1.807, 2.05) is 18.5 Å². The van der Waals surface area contributed by atoms with Crippen LogP contribution in [0, 0.1) is 0 Å². The fourth-order valence-corrected chi connectivity index (χ4v) is 1.69. The maximum Gasteiger partial charge on any atom is 0.138 e. The molecule has 0 aliphatic carbocycles. The molecule has 1 N–H and O–H groups in total. The maximum absolute atomic E-state index is 9.83. The molecule has 13 heavy (non-hydrogen) atoms. The molecule has 1 atom stereocenters. The van der Waals surface area contributed by atoms with Gasteiger partial charge in [-0.15, -0.1) is 0 Å². The van der Waals surface area contributed by atoms with Crippen LogP contribution in [-0.2, 0) is 7.05 Å². The molecule has 68 valence electrons. The van der Waals surface area contributed by atoms with Crippen molar-refractivity contribution in [3.63, 3.8) is 0 Å². The Morgan fingerprint density at radius 1 is 1.62 bits per heavy atom. The van der Waals surface area contributed by atoms with Crippen molar-refractivity contribution in [1.29, 1.82) is 0 Å². The van der Waals surface area contributed by atoms with E-state index in [0.29, 0.717) is 5.69 Å². The summed E-state index contributed by atoms with van der Waals surface area (Å²) in [6, 6.07) is 1.81. The minimum atomic E-state index is -0.668. The van der Waals surface area contributed by atoms with Crippen LogP contribution in [0.15, 0.2) is 24.0 Å². The first-order chi connectivity index (χ1) is 6.29. The van der Waals surface area contributed by atoms with E-state index in [9.17, 15) is 5.11 Å². The highest BCUT2D eigenvalue weighted by molar-refractivity contribution is 7.03. The van der Waals surface area contributed by atoms with Gasteiger partial charge >= 0.3 is 0 Å². The predicted molar refractivity (Wildman–Crippen MR) is 49.4 cm³/mol. The number of aromatic nitrogens is 3. The topological polar surface area (TPSA) is 50.9 Å². The summed E-state index contributed by atoms with van der Waals surface area (Å²) in [7, 11) is 1.85. The number of aryl methyl sites for hydroxylation is 1. The molecule has 5 heteroatoms. The van der Waals surface area contributed by atoms with Crippen molar-refractivity contribution < 1.29 is 5.11 Å². The molecule has 0 bridgehead atoms. The van der Waals surface area contributed by atoms with Gasteiger partial charge in [0, 0.05) is 12.4 Å². The molecule has 2 aromatic rings. The standard InChI is InChI=1S/C8H9N3OS/c1-11-5-9-4-7(11)8(12)6-2-3-13-10-6/h2-5,8,12H,1H3. The molecule has 0 aliphatic rings. The summed E-state index contributed by atoms with van der Waals surface area (Å²) < 4.78 is 5.85. The summed E-state index contributed by atoms with van der Waals surface area (Å²) in [5.74, 6) is 0. The Hall–Kier alpha value is -1.20. The highest BCUT2D eigenvalue weighted by Crippen LogP contribution is 2.19.